The highest BCUT2D eigenvalue weighted by Crippen LogP contribution is 2.02. The van der Waals surface area contributed by atoms with Crippen molar-refractivity contribution < 1.29 is 14.3 Å². The molecule has 1 aromatic carbocycles. The average molecular weight is 221 g/mol. The minimum atomic E-state index is -0.239. The van der Waals surface area contributed by atoms with Gasteiger partial charge in [0, 0.05) is 13.0 Å². The highest BCUT2D eigenvalue weighted by Gasteiger charge is 2.02. The van der Waals surface area contributed by atoms with E-state index >= 15 is 0 Å². The number of hydrogen-bond donors (Lipinski definition) is 1. The van der Waals surface area contributed by atoms with E-state index in [0.717, 1.165) is 5.56 Å². The molecule has 0 heterocycles. The molecule has 1 rings (SSSR count). The van der Waals surface area contributed by atoms with Gasteiger partial charge in [-0.05, 0) is 12.0 Å². The zero-order valence-corrected chi connectivity index (χ0v) is 9.02. The van der Waals surface area contributed by atoms with Gasteiger partial charge in [0.1, 0.15) is 6.61 Å². The first kappa shape index (κ1) is 12.2. The normalized spacial score (nSPS) is 9.50. The third kappa shape index (κ3) is 5.14. The van der Waals surface area contributed by atoms with Crippen molar-refractivity contribution in [1.29, 1.82) is 0 Å². The highest BCUT2D eigenvalue weighted by atomic mass is 16.5. The van der Waals surface area contributed by atoms with Crippen molar-refractivity contribution in [2.45, 2.75) is 19.4 Å². The molecule has 1 N–H and O–H groups in total. The molecule has 0 saturated carbocycles. The summed E-state index contributed by atoms with van der Waals surface area (Å²) in [7, 11) is 0. The summed E-state index contributed by atoms with van der Waals surface area (Å²) in [5.41, 5.74) is 0.974. The van der Waals surface area contributed by atoms with Crippen LogP contribution in [0.2, 0.25) is 0 Å². The number of rotatable bonds is 7. The van der Waals surface area contributed by atoms with Gasteiger partial charge in [0.25, 0.3) is 0 Å². The maximum Gasteiger partial charge on any atom is 0.306 e. The molecule has 4 heteroatoms. The summed E-state index contributed by atoms with van der Waals surface area (Å²) in [6.45, 7) is 0.810. The second-order valence-corrected chi connectivity index (χ2v) is 3.32. The van der Waals surface area contributed by atoms with Gasteiger partial charge in [-0.2, -0.15) is 0 Å². The van der Waals surface area contributed by atoms with E-state index in [0.29, 0.717) is 32.4 Å². The van der Waals surface area contributed by atoms with Crippen molar-refractivity contribution in [2.75, 3.05) is 6.54 Å². The second-order valence-electron chi connectivity index (χ2n) is 3.32. The van der Waals surface area contributed by atoms with Crippen molar-refractivity contribution in [3.63, 3.8) is 0 Å². The van der Waals surface area contributed by atoms with Crippen molar-refractivity contribution in [1.82, 2.24) is 5.32 Å². The van der Waals surface area contributed by atoms with Crippen LogP contribution in [0.5, 0.6) is 0 Å². The topological polar surface area (TPSA) is 55.4 Å². The van der Waals surface area contributed by atoms with Crippen molar-refractivity contribution in [2.24, 2.45) is 0 Å². The van der Waals surface area contributed by atoms with Crippen LogP contribution in [-0.4, -0.2) is 18.9 Å². The van der Waals surface area contributed by atoms with Gasteiger partial charge in [0.05, 0.1) is 0 Å². The van der Waals surface area contributed by atoms with Crippen LogP contribution in [0.1, 0.15) is 18.4 Å². The SMILES string of the molecule is O=CNCCCC(=O)OCc1ccccc1. The molecule has 86 valence electrons. The van der Waals surface area contributed by atoms with Gasteiger partial charge >= 0.3 is 5.97 Å². The molecule has 1 amide bonds. The second kappa shape index (κ2) is 7.45. The van der Waals surface area contributed by atoms with Crippen LogP contribution in [0, 0.1) is 0 Å². The third-order valence-electron chi connectivity index (χ3n) is 2.03. The molecule has 16 heavy (non-hydrogen) atoms. The molecular formula is C12H15NO3. The van der Waals surface area contributed by atoms with Crippen LogP contribution in [0.3, 0.4) is 0 Å². The van der Waals surface area contributed by atoms with E-state index < -0.39 is 0 Å². The van der Waals surface area contributed by atoms with Crippen LogP contribution in [0.15, 0.2) is 30.3 Å². The Morgan fingerprint density at radius 3 is 2.75 bits per heavy atom. The summed E-state index contributed by atoms with van der Waals surface area (Å²) < 4.78 is 5.05. The fourth-order valence-corrected chi connectivity index (χ4v) is 1.20. The third-order valence-corrected chi connectivity index (χ3v) is 2.03. The molecular weight excluding hydrogens is 206 g/mol. The Hall–Kier alpha value is -1.84. The van der Waals surface area contributed by atoms with E-state index in [1.54, 1.807) is 0 Å². The Labute approximate surface area is 94.6 Å². The number of benzene rings is 1. The summed E-state index contributed by atoms with van der Waals surface area (Å²) in [5, 5.41) is 2.49. The van der Waals surface area contributed by atoms with E-state index in [4.69, 9.17) is 4.74 Å². The number of carbonyl (C=O) groups is 2. The highest BCUT2D eigenvalue weighted by molar-refractivity contribution is 5.69. The molecule has 0 bridgehead atoms. The zero-order valence-electron chi connectivity index (χ0n) is 9.02. The Bertz CT molecular complexity index is 324. The van der Waals surface area contributed by atoms with Crippen LogP contribution >= 0.6 is 0 Å². The molecule has 0 atom stereocenters. The predicted molar refractivity (Wildman–Crippen MR) is 59.5 cm³/mol. The fraction of sp³-hybridized carbons (Fsp3) is 0.333. The quantitative estimate of drug-likeness (QED) is 0.428. The zero-order chi connectivity index (χ0) is 11.6. The fourth-order valence-electron chi connectivity index (χ4n) is 1.20. The summed E-state index contributed by atoms with van der Waals surface area (Å²) in [4.78, 5) is 21.2. The van der Waals surface area contributed by atoms with Crippen LogP contribution in [0.4, 0.5) is 0 Å². The Morgan fingerprint density at radius 2 is 2.06 bits per heavy atom. The number of carbonyl (C=O) groups excluding carboxylic acids is 2. The van der Waals surface area contributed by atoms with Gasteiger partial charge in [-0.25, -0.2) is 0 Å². The number of hydrogen-bond acceptors (Lipinski definition) is 3. The maximum absolute atomic E-state index is 11.2. The van der Waals surface area contributed by atoms with Gasteiger partial charge < -0.3 is 10.1 Å². The Balaban J connectivity index is 2.13. The first-order chi connectivity index (χ1) is 7.83. The molecule has 0 spiro atoms. The molecule has 0 aliphatic carbocycles. The summed E-state index contributed by atoms with van der Waals surface area (Å²) in [6, 6.07) is 9.52. The summed E-state index contributed by atoms with van der Waals surface area (Å²) >= 11 is 0. The predicted octanol–water partition coefficient (Wildman–Crippen LogP) is 1.26. The van der Waals surface area contributed by atoms with Crippen molar-refractivity contribution in [3.8, 4) is 0 Å². The lowest BCUT2D eigenvalue weighted by molar-refractivity contribution is -0.145. The minimum Gasteiger partial charge on any atom is -0.461 e. The number of ether oxygens (including phenoxy) is 1. The summed E-state index contributed by atoms with van der Waals surface area (Å²) in [5.74, 6) is -0.239. The first-order valence-electron chi connectivity index (χ1n) is 5.19. The lowest BCUT2D eigenvalue weighted by Crippen LogP contribution is -2.14. The Morgan fingerprint density at radius 1 is 1.31 bits per heavy atom. The van der Waals surface area contributed by atoms with Gasteiger partial charge in [-0.1, -0.05) is 30.3 Å². The van der Waals surface area contributed by atoms with Crippen molar-refractivity contribution in [3.05, 3.63) is 35.9 Å². The molecule has 4 nitrogen and oxygen atoms in total. The number of nitrogens with one attached hydrogen (secondary N) is 1. The number of amides is 1. The van der Waals surface area contributed by atoms with E-state index in [1.165, 1.54) is 0 Å². The summed E-state index contributed by atoms with van der Waals surface area (Å²) in [6.07, 6.45) is 1.55. The van der Waals surface area contributed by atoms with Crippen LogP contribution in [-0.2, 0) is 20.9 Å². The standard InChI is InChI=1S/C12H15NO3/c14-10-13-8-4-7-12(15)16-9-11-5-2-1-3-6-11/h1-3,5-6,10H,4,7-9H2,(H,13,14). The van der Waals surface area contributed by atoms with Gasteiger partial charge in [0.15, 0.2) is 0 Å². The van der Waals surface area contributed by atoms with E-state index in [1.807, 2.05) is 30.3 Å². The van der Waals surface area contributed by atoms with Crippen LogP contribution in [0.25, 0.3) is 0 Å². The maximum atomic E-state index is 11.2. The average Bonchev–Trinajstić information content (AvgIpc) is 2.33. The minimum absolute atomic E-state index is 0.239. The first-order valence-corrected chi connectivity index (χ1v) is 5.19. The smallest absolute Gasteiger partial charge is 0.306 e. The van der Waals surface area contributed by atoms with Crippen molar-refractivity contribution >= 4 is 12.4 Å². The van der Waals surface area contributed by atoms with Gasteiger partial charge in [0.2, 0.25) is 6.41 Å². The van der Waals surface area contributed by atoms with Crippen LogP contribution < -0.4 is 5.32 Å². The molecule has 0 fully saturated rings. The molecule has 0 saturated heterocycles. The molecule has 0 radical (unpaired) electrons. The molecule has 0 aliphatic heterocycles. The lowest BCUT2D eigenvalue weighted by Gasteiger charge is -2.04. The molecule has 0 unspecified atom stereocenters. The lowest BCUT2D eigenvalue weighted by atomic mass is 10.2. The van der Waals surface area contributed by atoms with E-state index in [9.17, 15) is 9.59 Å². The largest absolute Gasteiger partial charge is 0.461 e. The van der Waals surface area contributed by atoms with Gasteiger partial charge in [-0.15, -0.1) is 0 Å². The molecule has 0 aromatic heterocycles. The molecule has 1 aromatic rings. The molecule has 0 aliphatic rings. The number of esters is 1. The van der Waals surface area contributed by atoms with E-state index in [2.05, 4.69) is 5.32 Å². The van der Waals surface area contributed by atoms with E-state index in [-0.39, 0.29) is 5.97 Å². The monoisotopic (exact) mass is 221 g/mol. The Kier molecular flexibility index (Phi) is 5.70. The van der Waals surface area contributed by atoms with Gasteiger partial charge in [-0.3, -0.25) is 9.59 Å².